The molecule has 0 radical (unpaired) electrons. The molecular weight excluding hydrogens is 741 g/mol. The van der Waals surface area contributed by atoms with E-state index < -0.39 is 0 Å². The summed E-state index contributed by atoms with van der Waals surface area (Å²) in [6.07, 6.45) is 0. The maximum atomic E-state index is 6.71. The van der Waals surface area contributed by atoms with Gasteiger partial charge in [-0.1, -0.05) is 188 Å². The van der Waals surface area contributed by atoms with Gasteiger partial charge in [-0.25, -0.2) is 0 Å². The van der Waals surface area contributed by atoms with E-state index in [1.807, 2.05) is 6.07 Å². The molecule has 0 atom stereocenters. The fourth-order valence-electron chi connectivity index (χ4n) is 9.58. The molecule has 0 unspecified atom stereocenters. The van der Waals surface area contributed by atoms with Gasteiger partial charge in [0.1, 0.15) is 11.2 Å². The van der Waals surface area contributed by atoms with Crippen LogP contribution in [0.2, 0.25) is 0 Å². The molecule has 2 heterocycles. The van der Waals surface area contributed by atoms with Crippen LogP contribution in [0.3, 0.4) is 0 Å². The molecule has 0 saturated heterocycles. The largest absolute Gasteiger partial charge is 0.455 e. The predicted molar refractivity (Wildman–Crippen MR) is 257 cm³/mol. The van der Waals surface area contributed by atoms with Gasteiger partial charge in [0.25, 0.3) is 0 Å². The second-order valence-electron chi connectivity index (χ2n) is 15.6. The van der Waals surface area contributed by atoms with Crippen LogP contribution in [0, 0.1) is 0 Å². The fourth-order valence-corrected chi connectivity index (χ4v) is 9.58. The zero-order valence-corrected chi connectivity index (χ0v) is 33.2. The molecule has 12 rings (SSSR count). The SMILES string of the molecule is c1ccc(-c2ccccc2N(c2ccccc2-c2cccc3c2oc2ccccc23)c2cccc3c2c2ccccc2n3-c2ccccc2-c2cccc3ccccc23)cc1. The van der Waals surface area contributed by atoms with Gasteiger partial charge in [-0.05, 0) is 64.4 Å². The third-order valence-electron chi connectivity index (χ3n) is 12.2. The quantitative estimate of drug-likeness (QED) is 0.161. The van der Waals surface area contributed by atoms with Crippen LogP contribution in [0.1, 0.15) is 0 Å². The van der Waals surface area contributed by atoms with Gasteiger partial charge in [-0.15, -0.1) is 0 Å². The topological polar surface area (TPSA) is 21.3 Å². The van der Waals surface area contributed by atoms with E-state index in [2.05, 4.69) is 234 Å². The van der Waals surface area contributed by atoms with Crippen molar-refractivity contribution in [1.29, 1.82) is 0 Å². The van der Waals surface area contributed by atoms with E-state index in [4.69, 9.17) is 4.42 Å². The van der Waals surface area contributed by atoms with E-state index in [0.717, 1.165) is 78.0 Å². The first kappa shape index (κ1) is 34.9. The summed E-state index contributed by atoms with van der Waals surface area (Å²) in [7, 11) is 0. The number of fused-ring (bicyclic) bond motifs is 7. The van der Waals surface area contributed by atoms with Crippen molar-refractivity contribution in [1.82, 2.24) is 4.57 Å². The van der Waals surface area contributed by atoms with Gasteiger partial charge in [-0.3, -0.25) is 0 Å². The van der Waals surface area contributed by atoms with E-state index in [1.165, 1.54) is 32.7 Å². The lowest BCUT2D eigenvalue weighted by atomic mass is 9.96. The summed E-state index contributed by atoms with van der Waals surface area (Å²) in [5.41, 5.74) is 15.2. The molecule has 0 saturated carbocycles. The lowest BCUT2D eigenvalue weighted by molar-refractivity contribution is 0.670. The van der Waals surface area contributed by atoms with Crippen molar-refractivity contribution in [2.24, 2.45) is 0 Å². The van der Waals surface area contributed by atoms with Gasteiger partial charge in [0.2, 0.25) is 0 Å². The molecule has 286 valence electrons. The lowest BCUT2D eigenvalue weighted by Crippen LogP contribution is -2.13. The van der Waals surface area contributed by atoms with Crippen molar-refractivity contribution < 1.29 is 4.42 Å². The first-order chi connectivity index (χ1) is 30.3. The highest BCUT2D eigenvalue weighted by atomic mass is 16.3. The van der Waals surface area contributed by atoms with Gasteiger partial charge in [0.15, 0.2) is 0 Å². The third-order valence-corrected chi connectivity index (χ3v) is 12.2. The first-order valence-corrected chi connectivity index (χ1v) is 20.9. The highest BCUT2D eigenvalue weighted by molar-refractivity contribution is 6.18. The van der Waals surface area contributed by atoms with Crippen LogP contribution in [0.4, 0.5) is 17.1 Å². The molecule has 0 aliphatic rings. The van der Waals surface area contributed by atoms with Crippen molar-refractivity contribution in [3.8, 4) is 39.1 Å². The summed E-state index contributed by atoms with van der Waals surface area (Å²) in [4.78, 5) is 2.48. The van der Waals surface area contributed by atoms with E-state index in [1.54, 1.807) is 0 Å². The Morgan fingerprint density at radius 3 is 1.74 bits per heavy atom. The molecule has 0 bridgehead atoms. The van der Waals surface area contributed by atoms with Crippen LogP contribution in [0.15, 0.2) is 235 Å². The van der Waals surface area contributed by atoms with E-state index >= 15 is 0 Å². The number of rotatable bonds is 7. The minimum absolute atomic E-state index is 0.882. The fraction of sp³-hybridized carbons (Fsp3) is 0. The predicted octanol–water partition coefficient (Wildman–Crippen LogP) is 16.3. The normalized spacial score (nSPS) is 11.6. The zero-order chi connectivity index (χ0) is 40.3. The molecule has 0 aliphatic carbocycles. The summed E-state index contributed by atoms with van der Waals surface area (Å²) >= 11 is 0. The number of aromatic nitrogens is 1. The maximum absolute atomic E-state index is 6.71. The van der Waals surface area contributed by atoms with Gasteiger partial charge in [0, 0.05) is 43.8 Å². The number of anilines is 3. The first-order valence-electron chi connectivity index (χ1n) is 20.9. The second-order valence-corrected chi connectivity index (χ2v) is 15.6. The van der Waals surface area contributed by atoms with Crippen LogP contribution < -0.4 is 4.90 Å². The summed E-state index contributed by atoms with van der Waals surface area (Å²) < 4.78 is 9.18. The standard InChI is InChI=1S/C58H38N2O/c1-2-19-40(20-3-1)42-24-6-11-32-50(42)59(52-34-13-8-26-45(52)47-30-17-31-48-46-27-10-15-38-56(46)61-58(47)48)54-36-18-37-55-57(54)49-28-9-14-35-53(49)60(55)51-33-12-7-25-44(51)43-29-16-22-39-21-4-5-23-41(39)43/h1-38H. The molecule has 61 heavy (non-hydrogen) atoms. The van der Waals surface area contributed by atoms with Crippen LogP contribution in [0.5, 0.6) is 0 Å². The van der Waals surface area contributed by atoms with Crippen molar-refractivity contribution >= 4 is 71.6 Å². The Kier molecular flexibility index (Phi) is 8.17. The number of hydrogen-bond acceptors (Lipinski definition) is 2. The Hall–Kier alpha value is -8.14. The Labute approximate surface area is 353 Å². The number of para-hydroxylation sites is 6. The van der Waals surface area contributed by atoms with E-state index in [0.29, 0.717) is 0 Å². The molecule has 2 aromatic heterocycles. The molecule has 3 nitrogen and oxygen atoms in total. The van der Waals surface area contributed by atoms with Crippen LogP contribution in [-0.4, -0.2) is 4.57 Å². The lowest BCUT2D eigenvalue weighted by Gasteiger charge is -2.30. The molecule has 3 heteroatoms. The van der Waals surface area contributed by atoms with E-state index in [-0.39, 0.29) is 0 Å². The summed E-state index contributed by atoms with van der Waals surface area (Å²) in [6, 6.07) is 82.9. The van der Waals surface area contributed by atoms with E-state index in [9.17, 15) is 0 Å². The number of nitrogens with zero attached hydrogens (tertiary/aromatic N) is 2. The highest BCUT2D eigenvalue weighted by Crippen LogP contribution is 2.50. The van der Waals surface area contributed by atoms with Gasteiger partial charge >= 0.3 is 0 Å². The zero-order valence-electron chi connectivity index (χ0n) is 33.2. The Balaban J connectivity index is 1.17. The number of furan rings is 1. The minimum atomic E-state index is 0.882. The Morgan fingerprint density at radius 1 is 0.328 bits per heavy atom. The van der Waals surface area contributed by atoms with Crippen molar-refractivity contribution in [2.45, 2.75) is 0 Å². The average molecular weight is 779 g/mol. The second kappa shape index (κ2) is 14.3. The number of benzene rings is 10. The van der Waals surface area contributed by atoms with Crippen LogP contribution in [0.25, 0.3) is 93.6 Å². The number of hydrogen-bond donors (Lipinski definition) is 0. The molecule has 12 aromatic rings. The van der Waals surface area contributed by atoms with Crippen molar-refractivity contribution in [3.63, 3.8) is 0 Å². The third kappa shape index (κ3) is 5.59. The molecular formula is C58H38N2O. The highest BCUT2D eigenvalue weighted by Gasteiger charge is 2.26. The minimum Gasteiger partial charge on any atom is -0.455 e. The molecule has 0 amide bonds. The monoisotopic (exact) mass is 778 g/mol. The van der Waals surface area contributed by atoms with Crippen molar-refractivity contribution in [3.05, 3.63) is 231 Å². The maximum Gasteiger partial charge on any atom is 0.143 e. The summed E-state index contributed by atoms with van der Waals surface area (Å²) in [6.45, 7) is 0. The van der Waals surface area contributed by atoms with Gasteiger partial charge < -0.3 is 13.9 Å². The average Bonchev–Trinajstić information content (AvgIpc) is 3.89. The molecule has 0 N–H and O–H groups in total. The molecule has 10 aromatic carbocycles. The molecule has 0 aliphatic heterocycles. The van der Waals surface area contributed by atoms with Crippen LogP contribution >= 0.6 is 0 Å². The Bertz CT molecular complexity index is 3610. The van der Waals surface area contributed by atoms with Crippen LogP contribution in [-0.2, 0) is 0 Å². The summed E-state index contributed by atoms with van der Waals surface area (Å²) in [5, 5.41) is 7.03. The van der Waals surface area contributed by atoms with Crippen molar-refractivity contribution in [2.75, 3.05) is 4.90 Å². The smallest absolute Gasteiger partial charge is 0.143 e. The molecule has 0 spiro atoms. The summed E-state index contributed by atoms with van der Waals surface area (Å²) in [5.74, 6) is 0. The Morgan fingerprint density at radius 2 is 0.869 bits per heavy atom. The van der Waals surface area contributed by atoms with Gasteiger partial charge in [-0.2, -0.15) is 0 Å². The molecule has 0 fully saturated rings. The van der Waals surface area contributed by atoms with Gasteiger partial charge in [0.05, 0.1) is 33.8 Å².